The average molecular weight is 985 g/mol. The highest BCUT2D eigenvalue weighted by molar-refractivity contribution is 8.00. The van der Waals surface area contributed by atoms with Crippen LogP contribution in [0.5, 0.6) is 0 Å². The van der Waals surface area contributed by atoms with Gasteiger partial charge in [-0.15, -0.1) is 18.3 Å². The molecule has 2 saturated carbocycles. The third-order valence-electron chi connectivity index (χ3n) is 17.2. The second-order valence-corrected chi connectivity index (χ2v) is 24.1. The molecule has 5 heterocycles. The van der Waals surface area contributed by atoms with Crippen molar-refractivity contribution in [2.75, 3.05) is 43.9 Å². The molecular formula is C54H69FN4O8S2. The van der Waals surface area contributed by atoms with Gasteiger partial charge >= 0.3 is 17.9 Å². The van der Waals surface area contributed by atoms with Crippen molar-refractivity contribution >= 4 is 63.8 Å². The van der Waals surface area contributed by atoms with Crippen LogP contribution in [0.25, 0.3) is 10.9 Å². The molecule has 0 amide bonds. The summed E-state index contributed by atoms with van der Waals surface area (Å²) in [6.07, 6.45) is 5.64. The van der Waals surface area contributed by atoms with E-state index in [0.29, 0.717) is 84.6 Å². The number of pyridine rings is 1. The summed E-state index contributed by atoms with van der Waals surface area (Å²) in [5.74, 6) is -3.32. The number of piperazine rings is 1. The second-order valence-electron chi connectivity index (χ2n) is 21.5. The maximum Gasteiger partial charge on any atom is 0.352 e. The van der Waals surface area contributed by atoms with Gasteiger partial charge in [0.2, 0.25) is 11.5 Å². The number of nitrogens with zero attached hydrogens (tertiary/aromatic N) is 3. The number of fused-ring (bicyclic) bond motifs is 6. The molecule has 2 aliphatic carbocycles. The van der Waals surface area contributed by atoms with Crippen molar-refractivity contribution in [1.29, 1.82) is 0 Å². The lowest BCUT2D eigenvalue weighted by Gasteiger charge is -2.56. The third-order valence-corrected chi connectivity index (χ3v) is 19.6. The number of Topliss-reactive ketones (excluding diaryl/α,β-unsaturated/α-hetero) is 1. The van der Waals surface area contributed by atoms with Crippen LogP contribution in [0.1, 0.15) is 127 Å². The first kappa shape index (κ1) is 49.8. The van der Waals surface area contributed by atoms with Gasteiger partial charge in [-0.1, -0.05) is 89.2 Å². The predicted octanol–water partition coefficient (Wildman–Crippen LogP) is 9.28. The zero-order valence-electron chi connectivity index (χ0n) is 41.2. The topological polar surface area (TPSA) is 136 Å². The van der Waals surface area contributed by atoms with Gasteiger partial charge in [-0.3, -0.25) is 14.4 Å². The minimum absolute atomic E-state index is 0.0468. The smallest absolute Gasteiger partial charge is 0.352 e. The molecule has 6 aliphatic rings. The van der Waals surface area contributed by atoms with Gasteiger partial charge in [-0.25, -0.2) is 14.0 Å². The molecule has 2 aromatic carbocycles. The van der Waals surface area contributed by atoms with Crippen molar-refractivity contribution in [2.45, 2.75) is 145 Å². The number of benzene rings is 2. The van der Waals surface area contributed by atoms with E-state index in [1.54, 1.807) is 54.2 Å². The number of halogens is 1. The van der Waals surface area contributed by atoms with Gasteiger partial charge in [0.15, 0.2) is 0 Å². The first-order chi connectivity index (χ1) is 32.9. The van der Waals surface area contributed by atoms with Gasteiger partial charge in [0.05, 0.1) is 27.4 Å². The highest BCUT2D eigenvalue weighted by atomic mass is 32.2. The molecule has 372 valence electrons. The summed E-state index contributed by atoms with van der Waals surface area (Å²) < 4.78 is 37.3. The average Bonchev–Trinajstić information content (AvgIpc) is 3.76. The Morgan fingerprint density at radius 3 is 2.38 bits per heavy atom. The molecule has 0 radical (unpaired) electrons. The fraction of sp³-hybridized carbons (Fsp3) is 0.611. The van der Waals surface area contributed by atoms with E-state index in [2.05, 4.69) is 51.5 Å². The summed E-state index contributed by atoms with van der Waals surface area (Å²) in [6, 6.07) is 12.6. The Labute approximate surface area is 414 Å². The molecular weight excluding hydrogens is 916 g/mol. The predicted molar refractivity (Wildman–Crippen MR) is 269 cm³/mol. The summed E-state index contributed by atoms with van der Waals surface area (Å²) in [5.41, 5.74) is -2.09. The molecule has 15 heteroatoms. The van der Waals surface area contributed by atoms with E-state index in [4.69, 9.17) is 14.2 Å². The van der Waals surface area contributed by atoms with E-state index in [1.807, 2.05) is 23.3 Å². The molecule has 4 aliphatic heterocycles. The van der Waals surface area contributed by atoms with Gasteiger partial charge < -0.3 is 33.9 Å². The van der Waals surface area contributed by atoms with Crippen molar-refractivity contribution in [3.63, 3.8) is 0 Å². The Hall–Kier alpha value is -4.18. The molecule has 2 bridgehead atoms. The van der Waals surface area contributed by atoms with Gasteiger partial charge in [-0.2, -0.15) is 0 Å². The molecule has 3 saturated heterocycles. The van der Waals surface area contributed by atoms with E-state index in [-0.39, 0.29) is 46.2 Å². The normalized spacial score (nSPS) is 32.2. The molecule has 9 rings (SSSR count). The standard InChI is InChI=1S/C54H69FN4O8S2/c1-9-19-54-20-18-41(60)47(54)52(5,6)42(65-43(61)30-68-36-25-34-16-17-35(26-36)57(34)8)29-53(7,10-2)48(31(54)3)67-51(64)46(33-14-12-11-13-15-33)66-50(63)44-45(62)37-27-38(55)40(58-23-21-56-22-24-58)28-39(37)59-32(4)69-49(44)59/h10-15,27-28,31-32,34-36,42,46-48,56H,2,9,16-26,29-30H2,1,3-8H3/t31-,32?,34?,35?,36?,42+,46?,47?,48-,53+,54?/m1/s1. The van der Waals surface area contributed by atoms with Crippen LogP contribution in [0, 0.1) is 33.9 Å². The van der Waals surface area contributed by atoms with E-state index in [9.17, 15) is 19.2 Å². The SMILES string of the molecule is C=C[C@@]1(C)C[C@H](OC(=O)CSC2CC3CCC(C2)N3C)C(C)(C)C2C(=O)CCC2(CCC)[C@H](C)[C@H]1OC(=O)C(OC(=O)c1c2n(c3cc(N4CCNCC4)c(F)cc3c1=O)C(C)S2)c1ccccc1. The molecule has 6 unspecified atom stereocenters. The number of thioether (sulfide) groups is 2. The summed E-state index contributed by atoms with van der Waals surface area (Å²) >= 11 is 3.00. The lowest BCUT2D eigenvalue weighted by atomic mass is 9.50. The Morgan fingerprint density at radius 1 is 1.03 bits per heavy atom. The summed E-state index contributed by atoms with van der Waals surface area (Å²) in [4.78, 5) is 77.1. The largest absolute Gasteiger partial charge is 0.461 e. The maximum absolute atomic E-state index is 15.9. The van der Waals surface area contributed by atoms with E-state index >= 15 is 9.18 Å². The van der Waals surface area contributed by atoms with Crippen LogP contribution in [0.2, 0.25) is 0 Å². The number of ether oxygens (including phenoxy) is 3. The fourth-order valence-corrected chi connectivity index (χ4v) is 15.8. The Kier molecular flexibility index (Phi) is 14.0. The number of esters is 3. The van der Waals surface area contributed by atoms with Crippen molar-refractivity contribution in [3.05, 3.63) is 82.3 Å². The summed E-state index contributed by atoms with van der Waals surface area (Å²) in [6.45, 7) is 19.1. The van der Waals surface area contributed by atoms with Crippen LogP contribution < -0.4 is 15.6 Å². The van der Waals surface area contributed by atoms with Gasteiger partial charge in [0.25, 0.3) is 0 Å². The number of anilines is 1. The number of hydrogen-bond donors (Lipinski definition) is 1. The van der Waals surface area contributed by atoms with E-state index in [0.717, 1.165) is 19.3 Å². The number of piperidine rings is 1. The minimum Gasteiger partial charge on any atom is -0.461 e. The number of carbonyl (C=O) groups is 4. The number of carbonyl (C=O) groups excluding carboxylic acids is 4. The highest BCUT2D eigenvalue weighted by Crippen LogP contribution is 2.63. The molecule has 12 nitrogen and oxygen atoms in total. The monoisotopic (exact) mass is 984 g/mol. The third kappa shape index (κ3) is 8.87. The quantitative estimate of drug-likeness (QED) is 0.0991. The fourth-order valence-electron chi connectivity index (χ4n) is 13.5. The molecule has 10 atom stereocenters. The van der Waals surface area contributed by atoms with Crippen LogP contribution in [0.4, 0.5) is 10.1 Å². The number of aromatic nitrogens is 1. The first-order valence-electron chi connectivity index (χ1n) is 25.1. The molecule has 3 aromatic rings. The molecule has 5 fully saturated rings. The lowest BCUT2D eigenvalue weighted by molar-refractivity contribution is -0.196. The van der Waals surface area contributed by atoms with Gasteiger partial charge in [0.1, 0.15) is 29.4 Å². The number of hydrogen-bond acceptors (Lipinski definition) is 13. The van der Waals surface area contributed by atoms with Crippen LogP contribution in [0.3, 0.4) is 0 Å². The molecule has 1 aromatic heterocycles. The van der Waals surface area contributed by atoms with Crippen molar-refractivity contribution in [1.82, 2.24) is 14.8 Å². The maximum atomic E-state index is 15.9. The van der Waals surface area contributed by atoms with E-state index < -0.39 is 63.7 Å². The lowest BCUT2D eigenvalue weighted by Crippen LogP contribution is -2.59. The van der Waals surface area contributed by atoms with Crippen molar-refractivity contribution in [2.24, 2.45) is 28.1 Å². The zero-order chi connectivity index (χ0) is 49.2. The Morgan fingerprint density at radius 2 is 1.72 bits per heavy atom. The van der Waals surface area contributed by atoms with Crippen LogP contribution in [0.15, 0.2) is 64.9 Å². The minimum atomic E-state index is -1.60. The number of ketones is 1. The van der Waals surface area contributed by atoms with Crippen LogP contribution in [-0.2, 0) is 28.6 Å². The first-order valence-corrected chi connectivity index (χ1v) is 27.0. The van der Waals surface area contributed by atoms with E-state index in [1.165, 1.54) is 30.7 Å². The zero-order valence-corrected chi connectivity index (χ0v) is 42.9. The Bertz CT molecular complexity index is 2550. The van der Waals surface area contributed by atoms with Crippen molar-refractivity contribution < 1.29 is 37.8 Å². The highest BCUT2D eigenvalue weighted by Gasteiger charge is 2.64. The Balaban J connectivity index is 1.03. The van der Waals surface area contributed by atoms with Crippen LogP contribution in [-0.4, -0.2) is 102 Å². The number of nitrogens with one attached hydrogen (secondary N) is 1. The molecule has 1 N–H and O–H groups in total. The number of rotatable bonds is 13. The molecule has 0 spiro atoms. The van der Waals surface area contributed by atoms with Crippen molar-refractivity contribution in [3.8, 4) is 0 Å². The van der Waals surface area contributed by atoms with Gasteiger partial charge in [-0.05, 0) is 76.5 Å². The van der Waals surface area contributed by atoms with Crippen LogP contribution >= 0.6 is 23.5 Å². The summed E-state index contributed by atoms with van der Waals surface area (Å²) in [7, 11) is 2.21. The summed E-state index contributed by atoms with van der Waals surface area (Å²) in [5, 5.41) is 3.93. The second kappa shape index (κ2) is 19.4. The molecule has 69 heavy (non-hydrogen) atoms. The van der Waals surface area contributed by atoms with Gasteiger partial charge in [0, 0.05) is 83.5 Å².